The van der Waals surface area contributed by atoms with Crippen molar-refractivity contribution in [2.45, 2.75) is 0 Å². The van der Waals surface area contributed by atoms with Crippen LogP contribution >= 0.6 is 0 Å². The molecule has 0 bridgehead atoms. The summed E-state index contributed by atoms with van der Waals surface area (Å²) in [4.78, 5) is 7.90. The van der Waals surface area contributed by atoms with Crippen molar-refractivity contribution < 1.29 is 8.78 Å². The SMILES string of the molecule is Nc1nc(Nc2ccc(F)cc2F)c2cn[nH]c2n1. The largest absolute Gasteiger partial charge is 0.368 e. The van der Waals surface area contributed by atoms with Crippen LogP contribution in [0.5, 0.6) is 0 Å². The Morgan fingerprint density at radius 3 is 2.84 bits per heavy atom. The van der Waals surface area contributed by atoms with Crippen LogP contribution in [0.3, 0.4) is 0 Å². The quantitative estimate of drug-likeness (QED) is 0.656. The van der Waals surface area contributed by atoms with Gasteiger partial charge in [0.2, 0.25) is 5.95 Å². The lowest BCUT2D eigenvalue weighted by Crippen LogP contribution is -2.02. The van der Waals surface area contributed by atoms with Crippen LogP contribution in [0, 0.1) is 11.6 Å². The molecule has 1 aromatic carbocycles. The Hall–Kier alpha value is -2.77. The van der Waals surface area contributed by atoms with Gasteiger partial charge >= 0.3 is 0 Å². The van der Waals surface area contributed by atoms with Gasteiger partial charge in [0.1, 0.15) is 17.5 Å². The highest BCUT2D eigenvalue weighted by atomic mass is 19.1. The van der Waals surface area contributed by atoms with Gasteiger partial charge in [-0.05, 0) is 12.1 Å². The molecule has 0 unspecified atom stereocenters. The van der Waals surface area contributed by atoms with Gasteiger partial charge in [-0.3, -0.25) is 5.10 Å². The standard InChI is InChI=1S/C11H8F2N6/c12-5-1-2-8(7(13)3-5)16-9-6-4-15-19-10(6)18-11(14)17-9/h1-4H,(H4,14,15,16,17,18,19). The molecule has 96 valence electrons. The van der Waals surface area contributed by atoms with E-state index in [1.807, 2.05) is 0 Å². The third kappa shape index (κ3) is 2.03. The molecule has 0 spiro atoms. The molecule has 0 atom stereocenters. The van der Waals surface area contributed by atoms with Crippen molar-refractivity contribution in [2.75, 3.05) is 11.1 Å². The van der Waals surface area contributed by atoms with Crippen LogP contribution in [0.2, 0.25) is 0 Å². The van der Waals surface area contributed by atoms with E-state index in [-0.39, 0.29) is 11.6 Å². The van der Waals surface area contributed by atoms with Crippen molar-refractivity contribution >= 4 is 28.5 Å². The third-order valence-corrected chi connectivity index (χ3v) is 2.51. The van der Waals surface area contributed by atoms with Crippen LogP contribution in [-0.2, 0) is 0 Å². The summed E-state index contributed by atoms with van der Waals surface area (Å²) in [6.45, 7) is 0. The summed E-state index contributed by atoms with van der Waals surface area (Å²) in [6, 6.07) is 3.19. The van der Waals surface area contributed by atoms with E-state index in [1.165, 1.54) is 12.3 Å². The second-order valence-electron chi connectivity index (χ2n) is 3.81. The van der Waals surface area contributed by atoms with Crippen LogP contribution in [0.15, 0.2) is 24.4 Å². The van der Waals surface area contributed by atoms with Crippen molar-refractivity contribution in [3.05, 3.63) is 36.0 Å². The van der Waals surface area contributed by atoms with Crippen LogP contribution in [-0.4, -0.2) is 20.2 Å². The second kappa shape index (κ2) is 4.16. The van der Waals surface area contributed by atoms with E-state index in [1.54, 1.807) is 0 Å². The number of aromatic nitrogens is 4. The molecule has 0 aliphatic carbocycles. The lowest BCUT2D eigenvalue weighted by molar-refractivity contribution is 0.586. The summed E-state index contributed by atoms with van der Waals surface area (Å²) in [6.07, 6.45) is 1.48. The van der Waals surface area contributed by atoms with E-state index in [9.17, 15) is 8.78 Å². The highest BCUT2D eigenvalue weighted by Gasteiger charge is 2.10. The number of nitrogens with zero attached hydrogens (tertiary/aromatic N) is 3. The number of aromatic amines is 1. The number of fused-ring (bicyclic) bond motifs is 1. The lowest BCUT2D eigenvalue weighted by Gasteiger charge is -2.08. The molecule has 3 aromatic rings. The number of nitrogens with two attached hydrogens (primary N) is 1. The first-order valence-corrected chi connectivity index (χ1v) is 5.32. The van der Waals surface area contributed by atoms with Crippen molar-refractivity contribution in [2.24, 2.45) is 0 Å². The van der Waals surface area contributed by atoms with Gasteiger partial charge in [-0.1, -0.05) is 0 Å². The Morgan fingerprint density at radius 1 is 1.21 bits per heavy atom. The molecule has 2 heterocycles. The maximum absolute atomic E-state index is 13.6. The minimum atomic E-state index is -0.728. The fourth-order valence-corrected chi connectivity index (χ4v) is 1.67. The van der Waals surface area contributed by atoms with Gasteiger partial charge < -0.3 is 11.1 Å². The van der Waals surface area contributed by atoms with E-state index in [2.05, 4.69) is 25.5 Å². The summed E-state index contributed by atoms with van der Waals surface area (Å²) in [5.74, 6) is -1.07. The Labute approximate surface area is 105 Å². The molecule has 0 aliphatic heterocycles. The number of nitrogens with one attached hydrogen (secondary N) is 2. The zero-order valence-electron chi connectivity index (χ0n) is 9.48. The minimum Gasteiger partial charge on any atom is -0.368 e. The zero-order chi connectivity index (χ0) is 13.4. The maximum Gasteiger partial charge on any atom is 0.224 e. The summed E-state index contributed by atoms with van der Waals surface area (Å²) < 4.78 is 26.4. The maximum atomic E-state index is 13.6. The second-order valence-corrected chi connectivity index (χ2v) is 3.81. The number of nitrogen functional groups attached to an aromatic ring is 1. The summed E-state index contributed by atoms with van der Waals surface area (Å²) in [7, 11) is 0. The van der Waals surface area contributed by atoms with E-state index in [0.717, 1.165) is 12.1 Å². The zero-order valence-corrected chi connectivity index (χ0v) is 9.48. The molecule has 19 heavy (non-hydrogen) atoms. The molecule has 2 aromatic heterocycles. The van der Waals surface area contributed by atoms with Crippen LogP contribution in [0.25, 0.3) is 11.0 Å². The van der Waals surface area contributed by atoms with E-state index < -0.39 is 11.6 Å². The number of anilines is 3. The van der Waals surface area contributed by atoms with Crippen molar-refractivity contribution in [1.29, 1.82) is 0 Å². The number of hydrogen-bond acceptors (Lipinski definition) is 5. The predicted octanol–water partition coefficient (Wildman–Crippen LogP) is 1.96. The molecule has 0 saturated carbocycles. The molecule has 3 rings (SSSR count). The monoisotopic (exact) mass is 262 g/mol. The van der Waals surface area contributed by atoms with Crippen LogP contribution in [0.1, 0.15) is 0 Å². The van der Waals surface area contributed by atoms with Crippen molar-refractivity contribution in [3.8, 4) is 0 Å². The van der Waals surface area contributed by atoms with Gasteiger partial charge in [0.25, 0.3) is 0 Å². The normalized spacial score (nSPS) is 10.8. The highest BCUT2D eigenvalue weighted by Crippen LogP contribution is 2.24. The third-order valence-electron chi connectivity index (χ3n) is 2.51. The summed E-state index contributed by atoms with van der Waals surface area (Å²) in [5, 5.41) is 9.73. The van der Waals surface area contributed by atoms with Crippen molar-refractivity contribution in [3.63, 3.8) is 0 Å². The minimum absolute atomic E-state index is 0.0155. The first-order valence-electron chi connectivity index (χ1n) is 5.32. The number of hydrogen-bond donors (Lipinski definition) is 3. The fourth-order valence-electron chi connectivity index (χ4n) is 1.67. The van der Waals surface area contributed by atoms with Gasteiger partial charge in [0.15, 0.2) is 5.65 Å². The Kier molecular flexibility index (Phi) is 2.48. The molecule has 0 radical (unpaired) electrons. The van der Waals surface area contributed by atoms with Gasteiger partial charge in [-0.25, -0.2) is 8.78 Å². The number of benzene rings is 1. The van der Waals surface area contributed by atoms with E-state index >= 15 is 0 Å². The average molecular weight is 262 g/mol. The number of H-pyrrole nitrogens is 1. The Morgan fingerprint density at radius 2 is 2.05 bits per heavy atom. The average Bonchev–Trinajstić information content (AvgIpc) is 2.80. The first kappa shape index (κ1) is 11.3. The topological polar surface area (TPSA) is 92.5 Å². The van der Waals surface area contributed by atoms with E-state index in [0.29, 0.717) is 16.9 Å². The Balaban J connectivity index is 2.07. The lowest BCUT2D eigenvalue weighted by atomic mass is 10.3. The number of rotatable bonds is 2. The fraction of sp³-hybridized carbons (Fsp3) is 0. The number of halogens is 2. The highest BCUT2D eigenvalue weighted by molar-refractivity contribution is 5.88. The molecular formula is C11H8F2N6. The predicted molar refractivity (Wildman–Crippen MR) is 65.7 cm³/mol. The molecule has 0 fully saturated rings. The van der Waals surface area contributed by atoms with Crippen molar-refractivity contribution in [1.82, 2.24) is 20.2 Å². The van der Waals surface area contributed by atoms with Gasteiger partial charge in [-0.2, -0.15) is 15.1 Å². The Bertz CT molecular complexity index is 754. The first-order chi connectivity index (χ1) is 9.13. The summed E-state index contributed by atoms with van der Waals surface area (Å²) in [5.41, 5.74) is 6.05. The van der Waals surface area contributed by atoms with Gasteiger partial charge in [-0.15, -0.1) is 0 Å². The van der Waals surface area contributed by atoms with Gasteiger partial charge in [0.05, 0.1) is 17.3 Å². The molecular weight excluding hydrogens is 254 g/mol. The molecule has 8 heteroatoms. The smallest absolute Gasteiger partial charge is 0.224 e. The molecule has 0 amide bonds. The van der Waals surface area contributed by atoms with Crippen LogP contribution in [0.4, 0.5) is 26.2 Å². The van der Waals surface area contributed by atoms with E-state index in [4.69, 9.17) is 5.73 Å². The van der Waals surface area contributed by atoms with Crippen LogP contribution < -0.4 is 11.1 Å². The van der Waals surface area contributed by atoms with Gasteiger partial charge in [0, 0.05) is 6.07 Å². The molecule has 4 N–H and O–H groups in total. The molecule has 0 aliphatic rings. The summed E-state index contributed by atoms with van der Waals surface area (Å²) >= 11 is 0. The molecule has 0 saturated heterocycles. The molecule has 6 nitrogen and oxygen atoms in total.